The summed E-state index contributed by atoms with van der Waals surface area (Å²) in [5.74, 6) is 0.823. The molecular weight excluding hydrogens is 244 g/mol. The van der Waals surface area contributed by atoms with Gasteiger partial charge in [0.25, 0.3) is 0 Å². The topological polar surface area (TPSA) is 47.9 Å². The highest BCUT2D eigenvalue weighted by Crippen LogP contribution is 2.20. The molecule has 1 aromatic rings. The van der Waals surface area contributed by atoms with Crippen molar-refractivity contribution < 1.29 is 19.3 Å². The standard InChI is InChI=1S/C15H22O4/c1-2-18-13-5-3-12(4-6-13)15(16)11-19-14-7-9-17-10-8-14/h3-6,14-16H,2,7-11H2,1H3. The zero-order chi connectivity index (χ0) is 13.5. The summed E-state index contributed by atoms with van der Waals surface area (Å²) in [5, 5.41) is 10.1. The summed E-state index contributed by atoms with van der Waals surface area (Å²) in [7, 11) is 0. The molecule has 1 saturated heterocycles. The van der Waals surface area contributed by atoms with Crippen molar-refractivity contribution in [1.82, 2.24) is 0 Å². The van der Waals surface area contributed by atoms with Gasteiger partial charge in [0, 0.05) is 13.2 Å². The summed E-state index contributed by atoms with van der Waals surface area (Å²) >= 11 is 0. The monoisotopic (exact) mass is 266 g/mol. The molecule has 1 aromatic carbocycles. The summed E-state index contributed by atoms with van der Waals surface area (Å²) in [4.78, 5) is 0. The quantitative estimate of drug-likeness (QED) is 0.858. The van der Waals surface area contributed by atoms with E-state index in [1.807, 2.05) is 31.2 Å². The van der Waals surface area contributed by atoms with Gasteiger partial charge < -0.3 is 19.3 Å². The molecule has 1 N–H and O–H groups in total. The average Bonchev–Trinajstić information content (AvgIpc) is 2.47. The average molecular weight is 266 g/mol. The first-order valence-corrected chi connectivity index (χ1v) is 6.89. The Morgan fingerprint density at radius 1 is 1.26 bits per heavy atom. The van der Waals surface area contributed by atoms with Crippen LogP contribution in [0.15, 0.2) is 24.3 Å². The second kappa shape index (κ2) is 7.48. The third-order valence-electron chi connectivity index (χ3n) is 3.23. The van der Waals surface area contributed by atoms with Crippen molar-refractivity contribution in [2.75, 3.05) is 26.4 Å². The van der Waals surface area contributed by atoms with Crippen molar-refractivity contribution in [3.63, 3.8) is 0 Å². The molecule has 1 aliphatic heterocycles. The van der Waals surface area contributed by atoms with E-state index in [0.29, 0.717) is 13.2 Å². The maximum absolute atomic E-state index is 10.1. The summed E-state index contributed by atoms with van der Waals surface area (Å²) < 4.78 is 16.4. The minimum atomic E-state index is -0.585. The van der Waals surface area contributed by atoms with E-state index in [1.54, 1.807) is 0 Å². The molecular formula is C15H22O4. The van der Waals surface area contributed by atoms with Crippen molar-refractivity contribution >= 4 is 0 Å². The number of rotatable bonds is 6. The minimum absolute atomic E-state index is 0.214. The highest BCUT2D eigenvalue weighted by molar-refractivity contribution is 5.28. The van der Waals surface area contributed by atoms with E-state index in [2.05, 4.69) is 0 Å². The zero-order valence-electron chi connectivity index (χ0n) is 11.4. The first-order valence-electron chi connectivity index (χ1n) is 6.89. The van der Waals surface area contributed by atoms with Crippen LogP contribution in [-0.4, -0.2) is 37.6 Å². The normalized spacial score (nSPS) is 18.2. The Bertz CT molecular complexity index is 357. The smallest absolute Gasteiger partial charge is 0.119 e. The van der Waals surface area contributed by atoms with E-state index in [1.165, 1.54) is 0 Å². The lowest BCUT2D eigenvalue weighted by Gasteiger charge is -2.23. The predicted molar refractivity (Wildman–Crippen MR) is 72.4 cm³/mol. The van der Waals surface area contributed by atoms with Crippen LogP contribution in [0, 0.1) is 0 Å². The van der Waals surface area contributed by atoms with Crippen molar-refractivity contribution in [2.45, 2.75) is 32.0 Å². The fourth-order valence-corrected chi connectivity index (χ4v) is 2.12. The van der Waals surface area contributed by atoms with Crippen molar-refractivity contribution in [2.24, 2.45) is 0 Å². The Kier molecular flexibility index (Phi) is 5.63. The third kappa shape index (κ3) is 4.49. The highest BCUT2D eigenvalue weighted by atomic mass is 16.5. The van der Waals surface area contributed by atoms with Crippen LogP contribution in [0.4, 0.5) is 0 Å². The Morgan fingerprint density at radius 2 is 1.95 bits per heavy atom. The second-order valence-corrected chi connectivity index (χ2v) is 4.66. The molecule has 1 fully saturated rings. The molecule has 1 atom stereocenters. The molecule has 1 unspecified atom stereocenters. The minimum Gasteiger partial charge on any atom is -0.494 e. The molecule has 0 spiro atoms. The number of benzene rings is 1. The zero-order valence-corrected chi connectivity index (χ0v) is 11.4. The summed E-state index contributed by atoms with van der Waals surface area (Å²) in [6.07, 6.45) is 1.45. The lowest BCUT2D eigenvalue weighted by molar-refractivity contribution is -0.0598. The molecule has 0 bridgehead atoms. The van der Waals surface area contributed by atoms with E-state index in [-0.39, 0.29) is 6.10 Å². The van der Waals surface area contributed by atoms with Gasteiger partial charge in [-0.3, -0.25) is 0 Å². The largest absolute Gasteiger partial charge is 0.494 e. The SMILES string of the molecule is CCOc1ccc(C(O)COC2CCOCC2)cc1. The number of aliphatic hydroxyl groups is 1. The van der Waals surface area contributed by atoms with Gasteiger partial charge in [0.2, 0.25) is 0 Å². The van der Waals surface area contributed by atoms with Gasteiger partial charge >= 0.3 is 0 Å². The molecule has 0 amide bonds. The van der Waals surface area contributed by atoms with Crippen LogP contribution in [-0.2, 0) is 9.47 Å². The Labute approximate surface area is 114 Å². The van der Waals surface area contributed by atoms with Crippen LogP contribution in [0.1, 0.15) is 31.4 Å². The molecule has 0 radical (unpaired) electrons. The first kappa shape index (κ1) is 14.3. The van der Waals surface area contributed by atoms with Crippen LogP contribution < -0.4 is 4.74 Å². The van der Waals surface area contributed by atoms with Gasteiger partial charge in [0.15, 0.2) is 0 Å². The van der Waals surface area contributed by atoms with Gasteiger partial charge in [-0.2, -0.15) is 0 Å². The first-order chi connectivity index (χ1) is 9.29. The highest BCUT2D eigenvalue weighted by Gasteiger charge is 2.16. The molecule has 19 heavy (non-hydrogen) atoms. The van der Waals surface area contributed by atoms with E-state index >= 15 is 0 Å². The Morgan fingerprint density at radius 3 is 2.58 bits per heavy atom. The van der Waals surface area contributed by atoms with Crippen molar-refractivity contribution in [3.8, 4) is 5.75 Å². The van der Waals surface area contributed by atoms with Crippen LogP contribution in [0.3, 0.4) is 0 Å². The molecule has 0 aliphatic carbocycles. The fourth-order valence-electron chi connectivity index (χ4n) is 2.12. The van der Waals surface area contributed by atoms with Gasteiger partial charge in [0.05, 0.1) is 19.3 Å². The number of ether oxygens (including phenoxy) is 3. The molecule has 106 valence electrons. The Balaban J connectivity index is 1.79. The van der Waals surface area contributed by atoms with E-state index < -0.39 is 6.10 Å². The van der Waals surface area contributed by atoms with Gasteiger partial charge in [-0.25, -0.2) is 0 Å². The van der Waals surface area contributed by atoms with E-state index in [4.69, 9.17) is 14.2 Å². The lowest BCUT2D eigenvalue weighted by atomic mass is 10.1. The molecule has 0 saturated carbocycles. The van der Waals surface area contributed by atoms with Crippen LogP contribution in [0.25, 0.3) is 0 Å². The van der Waals surface area contributed by atoms with Crippen LogP contribution in [0.2, 0.25) is 0 Å². The second-order valence-electron chi connectivity index (χ2n) is 4.66. The van der Waals surface area contributed by atoms with Crippen molar-refractivity contribution in [3.05, 3.63) is 29.8 Å². The number of aliphatic hydroxyl groups excluding tert-OH is 1. The molecule has 4 nitrogen and oxygen atoms in total. The molecule has 4 heteroatoms. The summed E-state index contributed by atoms with van der Waals surface area (Å²) in [6.45, 7) is 4.44. The van der Waals surface area contributed by atoms with Gasteiger partial charge in [-0.15, -0.1) is 0 Å². The predicted octanol–water partition coefficient (Wildman–Crippen LogP) is 2.31. The maximum Gasteiger partial charge on any atom is 0.119 e. The molecule has 0 aromatic heterocycles. The van der Waals surface area contributed by atoms with Gasteiger partial charge in [0.1, 0.15) is 11.9 Å². The van der Waals surface area contributed by atoms with Crippen molar-refractivity contribution in [1.29, 1.82) is 0 Å². The molecule has 1 aliphatic rings. The fraction of sp³-hybridized carbons (Fsp3) is 0.600. The third-order valence-corrected chi connectivity index (χ3v) is 3.23. The lowest BCUT2D eigenvalue weighted by Crippen LogP contribution is -2.25. The Hall–Kier alpha value is -1.10. The number of hydrogen-bond donors (Lipinski definition) is 1. The van der Waals surface area contributed by atoms with E-state index in [0.717, 1.165) is 37.4 Å². The maximum atomic E-state index is 10.1. The molecule has 1 heterocycles. The van der Waals surface area contributed by atoms with E-state index in [9.17, 15) is 5.11 Å². The van der Waals surface area contributed by atoms with Crippen LogP contribution in [0.5, 0.6) is 5.75 Å². The van der Waals surface area contributed by atoms with Gasteiger partial charge in [-0.1, -0.05) is 12.1 Å². The van der Waals surface area contributed by atoms with Gasteiger partial charge in [-0.05, 0) is 37.5 Å². The van der Waals surface area contributed by atoms with Crippen LogP contribution >= 0.6 is 0 Å². The summed E-state index contributed by atoms with van der Waals surface area (Å²) in [6, 6.07) is 7.50. The molecule has 2 rings (SSSR count). The number of hydrogen-bond acceptors (Lipinski definition) is 4. The summed E-state index contributed by atoms with van der Waals surface area (Å²) in [5.41, 5.74) is 0.857.